The summed E-state index contributed by atoms with van der Waals surface area (Å²) in [4.78, 5) is 12.9. The number of furan rings is 2. The van der Waals surface area contributed by atoms with Crippen LogP contribution in [0, 0.1) is 10.1 Å². The van der Waals surface area contributed by atoms with Gasteiger partial charge < -0.3 is 14.2 Å². The molecule has 1 atom stereocenters. The fraction of sp³-hybridized carbons (Fsp3) is 0.263. The molecule has 0 radical (unpaired) electrons. The maximum Gasteiger partial charge on any atom is 0.281 e. The molecule has 27 heavy (non-hydrogen) atoms. The van der Waals surface area contributed by atoms with Gasteiger partial charge in [-0.1, -0.05) is 11.6 Å². The topological polar surface area (TPSA) is 84.7 Å². The van der Waals surface area contributed by atoms with E-state index in [1.54, 1.807) is 30.5 Å². The maximum atomic E-state index is 11.3. The van der Waals surface area contributed by atoms with Crippen LogP contribution in [-0.2, 0) is 6.54 Å². The van der Waals surface area contributed by atoms with Gasteiger partial charge in [0.2, 0.25) is 0 Å². The Morgan fingerprint density at radius 2 is 2.07 bits per heavy atom. The molecule has 142 valence electrons. The van der Waals surface area contributed by atoms with Crippen LogP contribution in [0.4, 0.5) is 5.69 Å². The van der Waals surface area contributed by atoms with Crippen molar-refractivity contribution >= 4 is 17.3 Å². The monoisotopic (exact) mass is 389 g/mol. The Morgan fingerprint density at radius 1 is 1.26 bits per heavy atom. The number of halogens is 1. The van der Waals surface area contributed by atoms with Crippen LogP contribution in [0.5, 0.6) is 0 Å². The molecule has 0 bridgehead atoms. The summed E-state index contributed by atoms with van der Waals surface area (Å²) in [5.74, 6) is 2.00. The van der Waals surface area contributed by atoms with Crippen LogP contribution < -0.4 is 5.32 Å². The molecule has 1 aromatic carbocycles. The molecular formula is C19H20ClN3O4. The number of nitrogens with zero attached hydrogens (tertiary/aromatic N) is 2. The molecule has 3 aromatic rings. The molecule has 0 aliphatic rings. The van der Waals surface area contributed by atoms with Crippen molar-refractivity contribution in [2.24, 2.45) is 0 Å². The van der Waals surface area contributed by atoms with Gasteiger partial charge in [0, 0.05) is 17.6 Å². The average molecular weight is 390 g/mol. The smallest absolute Gasteiger partial charge is 0.281 e. The molecule has 1 unspecified atom stereocenters. The standard InChI is InChI=1S/C19H20ClN3O4/c1-22(2)17(19-4-3-9-26-19)12-21-11-14-6-8-18(27-14)15-7-5-13(20)10-16(15)23(24)25/h3-10,17,21H,11-12H2,1-2H3. The van der Waals surface area contributed by atoms with Crippen LogP contribution in [0.1, 0.15) is 17.6 Å². The lowest BCUT2D eigenvalue weighted by Crippen LogP contribution is -2.30. The molecule has 2 aromatic heterocycles. The number of benzene rings is 1. The molecule has 0 saturated carbocycles. The van der Waals surface area contributed by atoms with Gasteiger partial charge in [-0.3, -0.25) is 15.0 Å². The highest BCUT2D eigenvalue weighted by molar-refractivity contribution is 6.30. The summed E-state index contributed by atoms with van der Waals surface area (Å²) in [5, 5.41) is 14.9. The third kappa shape index (κ3) is 4.57. The van der Waals surface area contributed by atoms with Crippen LogP contribution in [0.25, 0.3) is 11.3 Å². The Bertz CT molecular complexity index is 906. The molecule has 0 aliphatic heterocycles. The van der Waals surface area contributed by atoms with Gasteiger partial charge >= 0.3 is 0 Å². The zero-order chi connectivity index (χ0) is 19.4. The zero-order valence-corrected chi connectivity index (χ0v) is 15.8. The minimum atomic E-state index is -0.466. The van der Waals surface area contributed by atoms with Crippen molar-refractivity contribution in [3.63, 3.8) is 0 Å². The van der Waals surface area contributed by atoms with E-state index in [4.69, 9.17) is 20.4 Å². The molecular weight excluding hydrogens is 370 g/mol. The van der Waals surface area contributed by atoms with Crippen molar-refractivity contribution in [3.05, 3.63) is 75.4 Å². The predicted molar refractivity (Wildman–Crippen MR) is 103 cm³/mol. The molecule has 0 aliphatic carbocycles. The van der Waals surface area contributed by atoms with E-state index in [1.165, 1.54) is 6.07 Å². The molecule has 8 heteroatoms. The van der Waals surface area contributed by atoms with Gasteiger partial charge in [-0.2, -0.15) is 0 Å². The highest BCUT2D eigenvalue weighted by atomic mass is 35.5. The molecule has 1 N–H and O–H groups in total. The quantitative estimate of drug-likeness (QED) is 0.451. The van der Waals surface area contributed by atoms with Crippen molar-refractivity contribution in [3.8, 4) is 11.3 Å². The summed E-state index contributed by atoms with van der Waals surface area (Å²) in [6.07, 6.45) is 1.66. The summed E-state index contributed by atoms with van der Waals surface area (Å²) in [7, 11) is 3.97. The number of nitro benzene ring substituents is 1. The van der Waals surface area contributed by atoms with E-state index in [1.807, 2.05) is 26.2 Å². The lowest BCUT2D eigenvalue weighted by atomic mass is 10.1. The molecule has 0 spiro atoms. The van der Waals surface area contributed by atoms with Crippen LogP contribution in [-0.4, -0.2) is 30.5 Å². The second kappa shape index (κ2) is 8.39. The van der Waals surface area contributed by atoms with Crippen molar-refractivity contribution in [2.45, 2.75) is 12.6 Å². The van der Waals surface area contributed by atoms with Gasteiger partial charge in [-0.05, 0) is 50.5 Å². The van der Waals surface area contributed by atoms with Crippen LogP contribution in [0.2, 0.25) is 5.02 Å². The van der Waals surface area contributed by atoms with Gasteiger partial charge in [0.25, 0.3) is 5.69 Å². The number of nitrogens with one attached hydrogen (secondary N) is 1. The van der Waals surface area contributed by atoms with E-state index in [0.717, 1.165) is 5.76 Å². The Kier molecular flexibility index (Phi) is 5.95. The van der Waals surface area contributed by atoms with E-state index >= 15 is 0 Å². The SMILES string of the molecule is CN(C)C(CNCc1ccc(-c2ccc(Cl)cc2[N+](=O)[O-])o1)c1ccco1. The Labute approximate surface area is 161 Å². The number of hydrogen-bond donors (Lipinski definition) is 1. The average Bonchev–Trinajstić information content (AvgIpc) is 3.30. The highest BCUT2D eigenvalue weighted by Crippen LogP contribution is 2.33. The first kappa shape index (κ1) is 19.2. The van der Waals surface area contributed by atoms with Crippen LogP contribution in [0.15, 0.2) is 57.6 Å². The van der Waals surface area contributed by atoms with Crippen LogP contribution >= 0.6 is 11.6 Å². The second-order valence-corrected chi connectivity index (χ2v) is 6.75. The van der Waals surface area contributed by atoms with E-state index < -0.39 is 4.92 Å². The normalized spacial score (nSPS) is 12.4. The molecule has 7 nitrogen and oxygen atoms in total. The van der Waals surface area contributed by atoms with E-state index in [9.17, 15) is 10.1 Å². The summed E-state index contributed by atoms with van der Waals surface area (Å²) in [5.41, 5.74) is 0.319. The number of likely N-dealkylation sites (N-methyl/N-ethyl adjacent to an activating group) is 1. The summed E-state index contributed by atoms with van der Waals surface area (Å²) in [6, 6.07) is 11.9. The van der Waals surface area contributed by atoms with Gasteiger partial charge in [0.05, 0.1) is 29.3 Å². The number of rotatable bonds is 8. The molecule has 0 saturated heterocycles. The largest absolute Gasteiger partial charge is 0.468 e. The highest BCUT2D eigenvalue weighted by Gasteiger charge is 2.19. The van der Waals surface area contributed by atoms with E-state index in [0.29, 0.717) is 35.2 Å². The van der Waals surface area contributed by atoms with Crippen LogP contribution in [0.3, 0.4) is 0 Å². The predicted octanol–water partition coefficient (Wildman–Crippen LogP) is 4.49. The van der Waals surface area contributed by atoms with Gasteiger partial charge in [-0.15, -0.1) is 0 Å². The molecule has 2 heterocycles. The second-order valence-electron chi connectivity index (χ2n) is 6.31. The Hall–Kier alpha value is -2.61. The fourth-order valence-electron chi connectivity index (χ4n) is 2.83. The fourth-order valence-corrected chi connectivity index (χ4v) is 3.00. The maximum absolute atomic E-state index is 11.3. The summed E-state index contributed by atoms with van der Waals surface area (Å²) >= 11 is 5.86. The van der Waals surface area contributed by atoms with Crippen molar-refractivity contribution in [1.82, 2.24) is 10.2 Å². The summed E-state index contributed by atoms with van der Waals surface area (Å²) in [6.45, 7) is 1.16. The van der Waals surface area contributed by atoms with Gasteiger partial charge in [0.15, 0.2) is 0 Å². The number of hydrogen-bond acceptors (Lipinski definition) is 6. The third-order valence-electron chi connectivity index (χ3n) is 4.22. The minimum Gasteiger partial charge on any atom is -0.468 e. The van der Waals surface area contributed by atoms with E-state index in [2.05, 4.69) is 10.2 Å². The molecule has 0 fully saturated rings. The first-order chi connectivity index (χ1) is 13.0. The molecule has 0 amide bonds. The third-order valence-corrected chi connectivity index (χ3v) is 4.45. The lowest BCUT2D eigenvalue weighted by Gasteiger charge is -2.22. The van der Waals surface area contributed by atoms with E-state index in [-0.39, 0.29) is 11.7 Å². The van der Waals surface area contributed by atoms with Crippen molar-refractivity contribution in [1.29, 1.82) is 0 Å². The van der Waals surface area contributed by atoms with Crippen molar-refractivity contribution in [2.75, 3.05) is 20.6 Å². The summed E-state index contributed by atoms with van der Waals surface area (Å²) < 4.78 is 11.3. The van der Waals surface area contributed by atoms with Gasteiger partial charge in [-0.25, -0.2) is 0 Å². The lowest BCUT2D eigenvalue weighted by molar-refractivity contribution is -0.384. The van der Waals surface area contributed by atoms with Gasteiger partial charge in [0.1, 0.15) is 17.3 Å². The minimum absolute atomic E-state index is 0.0816. The first-order valence-electron chi connectivity index (χ1n) is 8.39. The first-order valence-corrected chi connectivity index (χ1v) is 8.77. The Balaban J connectivity index is 1.68. The van der Waals surface area contributed by atoms with Crippen molar-refractivity contribution < 1.29 is 13.8 Å². The Morgan fingerprint density at radius 3 is 2.74 bits per heavy atom. The molecule has 3 rings (SSSR count). The number of nitro groups is 1. The zero-order valence-electron chi connectivity index (χ0n) is 15.0.